The number of hydrogen-bond acceptors (Lipinski definition) is 3. The summed E-state index contributed by atoms with van der Waals surface area (Å²) in [7, 11) is 0. The molecule has 15 heavy (non-hydrogen) atoms. The summed E-state index contributed by atoms with van der Waals surface area (Å²) in [6.45, 7) is 3.01. The van der Waals surface area contributed by atoms with E-state index in [1.165, 1.54) is 0 Å². The van der Waals surface area contributed by atoms with Crippen LogP contribution in [0.1, 0.15) is 30.1 Å². The Bertz CT molecular complexity index is 345. The number of aryl methyl sites for hydroxylation is 1. The molecule has 1 fully saturated rings. The summed E-state index contributed by atoms with van der Waals surface area (Å²) >= 11 is 0. The Kier molecular flexibility index (Phi) is 2.93. The van der Waals surface area contributed by atoms with Gasteiger partial charge in [-0.25, -0.2) is 0 Å². The third kappa shape index (κ3) is 2.13. The van der Waals surface area contributed by atoms with E-state index in [0.717, 1.165) is 30.5 Å². The van der Waals surface area contributed by atoms with E-state index in [1.54, 1.807) is 0 Å². The summed E-state index contributed by atoms with van der Waals surface area (Å²) in [6, 6.07) is 5.96. The first-order valence-electron chi connectivity index (χ1n) is 5.46. The van der Waals surface area contributed by atoms with Crippen molar-refractivity contribution in [1.82, 2.24) is 5.32 Å². The molecule has 1 aliphatic heterocycles. The van der Waals surface area contributed by atoms with Crippen molar-refractivity contribution in [2.45, 2.75) is 31.9 Å². The number of hydrogen-bond donors (Lipinski definition) is 3. The van der Waals surface area contributed by atoms with Crippen molar-refractivity contribution in [3.63, 3.8) is 0 Å². The van der Waals surface area contributed by atoms with Crippen LogP contribution in [-0.4, -0.2) is 17.7 Å². The van der Waals surface area contributed by atoms with Crippen LogP contribution in [0.3, 0.4) is 0 Å². The molecule has 1 aliphatic rings. The Morgan fingerprint density at radius 3 is 3.00 bits per heavy atom. The number of nitrogens with two attached hydrogens (primary N) is 1. The zero-order chi connectivity index (χ0) is 10.8. The maximum absolute atomic E-state index is 10.2. The van der Waals surface area contributed by atoms with Crippen LogP contribution in [0.4, 0.5) is 5.69 Å². The molecule has 0 radical (unpaired) electrons. The van der Waals surface area contributed by atoms with E-state index in [0.29, 0.717) is 5.69 Å². The van der Waals surface area contributed by atoms with Gasteiger partial charge in [-0.05, 0) is 32.4 Å². The first-order chi connectivity index (χ1) is 7.18. The summed E-state index contributed by atoms with van der Waals surface area (Å²) in [4.78, 5) is 0. The summed E-state index contributed by atoms with van der Waals surface area (Å²) in [5.41, 5.74) is 8.54. The van der Waals surface area contributed by atoms with Gasteiger partial charge in [0.1, 0.15) is 0 Å². The molecule has 0 aromatic heterocycles. The van der Waals surface area contributed by atoms with Gasteiger partial charge in [-0.3, -0.25) is 0 Å². The number of nitrogen functional groups attached to an aromatic ring is 1. The molecule has 2 atom stereocenters. The fourth-order valence-electron chi connectivity index (χ4n) is 2.15. The standard InChI is InChI=1S/C12H18N2O/c1-8-4-5-10(13)9(7-8)12(15)11-3-2-6-14-11/h4-5,7,11-12,14-15H,2-3,6,13H2,1H3. The molecule has 3 heteroatoms. The quantitative estimate of drug-likeness (QED) is 0.640. The van der Waals surface area contributed by atoms with E-state index in [2.05, 4.69) is 5.32 Å². The summed E-state index contributed by atoms with van der Waals surface area (Å²) in [5.74, 6) is 0. The summed E-state index contributed by atoms with van der Waals surface area (Å²) in [6.07, 6.45) is 1.68. The maximum atomic E-state index is 10.2. The highest BCUT2D eigenvalue weighted by Crippen LogP contribution is 2.27. The highest BCUT2D eigenvalue weighted by atomic mass is 16.3. The summed E-state index contributed by atoms with van der Waals surface area (Å²) < 4.78 is 0. The van der Waals surface area contributed by atoms with E-state index < -0.39 is 6.10 Å². The third-order valence-electron chi connectivity index (χ3n) is 3.04. The van der Waals surface area contributed by atoms with Gasteiger partial charge in [0.15, 0.2) is 0 Å². The van der Waals surface area contributed by atoms with Crippen LogP contribution in [0.25, 0.3) is 0 Å². The Morgan fingerprint density at radius 1 is 1.53 bits per heavy atom. The lowest BCUT2D eigenvalue weighted by molar-refractivity contribution is 0.138. The topological polar surface area (TPSA) is 58.3 Å². The third-order valence-corrected chi connectivity index (χ3v) is 3.04. The van der Waals surface area contributed by atoms with Crippen molar-refractivity contribution in [2.75, 3.05) is 12.3 Å². The fourth-order valence-corrected chi connectivity index (χ4v) is 2.15. The zero-order valence-corrected chi connectivity index (χ0v) is 9.03. The van der Waals surface area contributed by atoms with E-state index in [-0.39, 0.29) is 6.04 Å². The van der Waals surface area contributed by atoms with Gasteiger partial charge in [-0.15, -0.1) is 0 Å². The molecule has 0 aliphatic carbocycles. The Hall–Kier alpha value is -1.06. The second kappa shape index (κ2) is 4.21. The first-order valence-corrected chi connectivity index (χ1v) is 5.46. The van der Waals surface area contributed by atoms with E-state index >= 15 is 0 Å². The van der Waals surface area contributed by atoms with Gasteiger partial charge in [0.2, 0.25) is 0 Å². The average molecular weight is 206 g/mol. The molecular formula is C12H18N2O. The average Bonchev–Trinajstić information content (AvgIpc) is 2.74. The predicted molar refractivity (Wildman–Crippen MR) is 61.6 cm³/mol. The molecule has 1 aromatic carbocycles. The van der Waals surface area contributed by atoms with Gasteiger partial charge in [0.25, 0.3) is 0 Å². The van der Waals surface area contributed by atoms with Crippen LogP contribution in [0.15, 0.2) is 18.2 Å². The number of rotatable bonds is 2. The second-order valence-corrected chi connectivity index (χ2v) is 4.28. The minimum Gasteiger partial charge on any atom is -0.398 e. The zero-order valence-electron chi connectivity index (χ0n) is 9.03. The molecule has 2 unspecified atom stereocenters. The SMILES string of the molecule is Cc1ccc(N)c(C(O)C2CCCN2)c1. The lowest BCUT2D eigenvalue weighted by atomic mass is 9.98. The molecule has 1 heterocycles. The molecule has 4 N–H and O–H groups in total. The normalized spacial score (nSPS) is 22.9. The number of aliphatic hydroxyl groups excluding tert-OH is 1. The monoisotopic (exact) mass is 206 g/mol. The van der Waals surface area contributed by atoms with Gasteiger partial charge in [0, 0.05) is 17.3 Å². The smallest absolute Gasteiger partial charge is 0.0962 e. The van der Waals surface area contributed by atoms with E-state index in [4.69, 9.17) is 5.73 Å². The number of nitrogens with one attached hydrogen (secondary N) is 1. The van der Waals surface area contributed by atoms with Crippen molar-refractivity contribution in [3.8, 4) is 0 Å². The molecule has 0 amide bonds. The fraction of sp³-hybridized carbons (Fsp3) is 0.500. The number of aliphatic hydroxyl groups is 1. The molecular weight excluding hydrogens is 188 g/mol. The van der Waals surface area contributed by atoms with Crippen LogP contribution in [-0.2, 0) is 0 Å². The van der Waals surface area contributed by atoms with E-state index in [1.807, 2.05) is 25.1 Å². The van der Waals surface area contributed by atoms with Gasteiger partial charge >= 0.3 is 0 Å². The number of benzene rings is 1. The maximum Gasteiger partial charge on any atom is 0.0962 e. The van der Waals surface area contributed by atoms with Crippen LogP contribution in [0, 0.1) is 6.92 Å². The predicted octanol–water partition coefficient (Wildman–Crippen LogP) is 1.36. The van der Waals surface area contributed by atoms with Crippen molar-refractivity contribution in [3.05, 3.63) is 29.3 Å². The molecule has 2 rings (SSSR count). The van der Waals surface area contributed by atoms with Crippen molar-refractivity contribution in [1.29, 1.82) is 0 Å². The Balaban J connectivity index is 2.23. The minimum absolute atomic E-state index is 0.161. The summed E-state index contributed by atoms with van der Waals surface area (Å²) in [5, 5.41) is 13.5. The number of anilines is 1. The molecule has 0 spiro atoms. The second-order valence-electron chi connectivity index (χ2n) is 4.28. The highest BCUT2D eigenvalue weighted by molar-refractivity contribution is 5.50. The van der Waals surface area contributed by atoms with Crippen LogP contribution >= 0.6 is 0 Å². The van der Waals surface area contributed by atoms with Crippen LogP contribution in [0.5, 0.6) is 0 Å². The van der Waals surface area contributed by atoms with Crippen molar-refractivity contribution < 1.29 is 5.11 Å². The van der Waals surface area contributed by atoms with Gasteiger partial charge < -0.3 is 16.2 Å². The van der Waals surface area contributed by atoms with Gasteiger partial charge in [-0.1, -0.05) is 17.7 Å². The minimum atomic E-state index is -0.479. The van der Waals surface area contributed by atoms with E-state index in [9.17, 15) is 5.11 Å². The lowest BCUT2D eigenvalue weighted by Gasteiger charge is -2.20. The molecule has 1 saturated heterocycles. The van der Waals surface area contributed by atoms with Crippen molar-refractivity contribution in [2.24, 2.45) is 0 Å². The molecule has 3 nitrogen and oxygen atoms in total. The van der Waals surface area contributed by atoms with Crippen LogP contribution < -0.4 is 11.1 Å². The highest BCUT2D eigenvalue weighted by Gasteiger charge is 2.25. The van der Waals surface area contributed by atoms with Crippen molar-refractivity contribution >= 4 is 5.69 Å². The first kappa shape index (κ1) is 10.5. The Labute approximate surface area is 90.3 Å². The Morgan fingerprint density at radius 2 is 2.33 bits per heavy atom. The molecule has 1 aromatic rings. The van der Waals surface area contributed by atoms with Crippen LogP contribution in [0.2, 0.25) is 0 Å². The largest absolute Gasteiger partial charge is 0.398 e. The van der Waals surface area contributed by atoms with Gasteiger partial charge in [-0.2, -0.15) is 0 Å². The van der Waals surface area contributed by atoms with Gasteiger partial charge in [0.05, 0.1) is 6.10 Å². The molecule has 82 valence electrons. The molecule has 0 bridgehead atoms. The molecule has 0 saturated carbocycles. The lowest BCUT2D eigenvalue weighted by Crippen LogP contribution is -2.29.